The topological polar surface area (TPSA) is 68.9 Å². The number of rotatable bonds is 6. The summed E-state index contributed by atoms with van der Waals surface area (Å²) in [6.45, 7) is 2.46. The summed E-state index contributed by atoms with van der Waals surface area (Å²) in [6, 6.07) is 23.2. The predicted octanol–water partition coefficient (Wildman–Crippen LogP) is 4.67. The zero-order valence-corrected chi connectivity index (χ0v) is 19.2. The number of hydrogen-bond donors (Lipinski definition) is 1. The van der Waals surface area contributed by atoms with E-state index in [-0.39, 0.29) is 17.4 Å². The van der Waals surface area contributed by atoms with Crippen molar-refractivity contribution in [2.45, 2.75) is 20.0 Å². The van der Waals surface area contributed by atoms with E-state index in [0.717, 1.165) is 16.6 Å². The van der Waals surface area contributed by atoms with Crippen molar-refractivity contribution in [3.8, 4) is 5.13 Å². The van der Waals surface area contributed by atoms with Gasteiger partial charge in [-0.15, -0.1) is 0 Å². The van der Waals surface area contributed by atoms with Crippen molar-refractivity contribution in [2.75, 3.05) is 0 Å². The third-order valence-corrected chi connectivity index (χ3v) is 6.71. The SMILES string of the molecule is Cc1nc(-n2c(=O)n(Cc3ccc(F)cc3)c3ccccc32)sc1C(=O)NCc1ccccc1. The third kappa shape index (κ3) is 4.15. The van der Waals surface area contributed by atoms with Gasteiger partial charge in [-0.1, -0.05) is 65.9 Å². The molecule has 0 fully saturated rings. The van der Waals surface area contributed by atoms with Crippen molar-refractivity contribution < 1.29 is 9.18 Å². The van der Waals surface area contributed by atoms with Gasteiger partial charge in [0.25, 0.3) is 5.91 Å². The van der Waals surface area contributed by atoms with Gasteiger partial charge in [0.2, 0.25) is 0 Å². The molecular weight excluding hydrogens is 451 g/mol. The van der Waals surface area contributed by atoms with Crippen LogP contribution in [0, 0.1) is 12.7 Å². The number of para-hydroxylation sites is 2. The highest BCUT2D eigenvalue weighted by molar-refractivity contribution is 7.16. The molecule has 5 aromatic rings. The number of thiazole rings is 1. The van der Waals surface area contributed by atoms with E-state index in [1.165, 1.54) is 28.0 Å². The van der Waals surface area contributed by atoms with Crippen LogP contribution in [0.3, 0.4) is 0 Å². The van der Waals surface area contributed by atoms with E-state index in [1.54, 1.807) is 23.6 Å². The van der Waals surface area contributed by atoms with Gasteiger partial charge >= 0.3 is 5.69 Å². The molecule has 170 valence electrons. The summed E-state index contributed by atoms with van der Waals surface area (Å²) < 4.78 is 16.5. The Morgan fingerprint density at radius 2 is 1.62 bits per heavy atom. The summed E-state index contributed by atoms with van der Waals surface area (Å²) in [4.78, 5) is 31.3. The van der Waals surface area contributed by atoms with E-state index in [0.29, 0.717) is 34.3 Å². The van der Waals surface area contributed by atoms with Crippen LogP contribution in [0.2, 0.25) is 0 Å². The highest BCUT2D eigenvalue weighted by Crippen LogP contribution is 2.25. The molecule has 5 rings (SSSR count). The van der Waals surface area contributed by atoms with Crippen molar-refractivity contribution in [3.63, 3.8) is 0 Å². The van der Waals surface area contributed by atoms with Crippen LogP contribution in [-0.2, 0) is 13.1 Å². The average molecular weight is 473 g/mol. The van der Waals surface area contributed by atoms with E-state index in [9.17, 15) is 14.0 Å². The third-order valence-electron chi connectivity index (χ3n) is 5.57. The number of amides is 1. The van der Waals surface area contributed by atoms with Crippen molar-refractivity contribution >= 4 is 28.3 Å². The molecule has 0 saturated heterocycles. The Bertz CT molecular complexity index is 1540. The first-order valence-electron chi connectivity index (χ1n) is 10.8. The van der Waals surface area contributed by atoms with Crippen molar-refractivity contribution in [1.29, 1.82) is 0 Å². The summed E-state index contributed by atoms with van der Waals surface area (Å²) in [5.74, 6) is -0.553. The Kier molecular flexibility index (Phi) is 5.81. The number of halogens is 1. The largest absolute Gasteiger partial charge is 0.347 e. The monoisotopic (exact) mass is 472 g/mol. The van der Waals surface area contributed by atoms with E-state index in [2.05, 4.69) is 10.3 Å². The molecule has 34 heavy (non-hydrogen) atoms. The van der Waals surface area contributed by atoms with Crippen molar-refractivity contribution in [3.05, 3.63) is 117 Å². The summed E-state index contributed by atoms with van der Waals surface area (Å²) in [5.41, 5.74) is 3.53. The quantitative estimate of drug-likeness (QED) is 0.390. The molecular formula is C26H21FN4O2S. The van der Waals surface area contributed by atoms with Gasteiger partial charge in [0.1, 0.15) is 10.7 Å². The molecule has 0 aliphatic carbocycles. The summed E-state index contributed by atoms with van der Waals surface area (Å²) in [7, 11) is 0. The van der Waals surface area contributed by atoms with Crippen molar-refractivity contribution in [1.82, 2.24) is 19.4 Å². The first kappa shape index (κ1) is 21.8. The molecule has 0 radical (unpaired) electrons. The molecule has 0 spiro atoms. The number of carbonyl (C=O) groups is 1. The molecule has 0 aliphatic heterocycles. The lowest BCUT2D eigenvalue weighted by atomic mass is 10.2. The number of aryl methyl sites for hydroxylation is 1. The minimum atomic E-state index is -0.324. The first-order chi connectivity index (χ1) is 16.5. The van der Waals surface area contributed by atoms with Crippen LogP contribution in [0.4, 0.5) is 4.39 Å². The number of aromatic nitrogens is 3. The standard InChI is InChI=1S/C26H21FN4O2S/c1-17-23(24(32)28-15-18-7-3-2-4-8-18)34-25(29-17)31-22-10-6-5-9-21(22)30(26(31)33)16-19-11-13-20(27)14-12-19/h2-14H,15-16H2,1H3,(H,28,32). The molecule has 1 amide bonds. The van der Waals surface area contributed by atoms with Crippen LogP contribution in [0.15, 0.2) is 83.7 Å². The molecule has 8 heteroatoms. The number of nitrogens with zero attached hydrogens (tertiary/aromatic N) is 3. The summed E-state index contributed by atoms with van der Waals surface area (Å²) in [5, 5.41) is 3.36. The van der Waals surface area contributed by atoms with Crippen LogP contribution in [-0.4, -0.2) is 20.0 Å². The predicted molar refractivity (Wildman–Crippen MR) is 131 cm³/mol. The Morgan fingerprint density at radius 1 is 0.941 bits per heavy atom. The van der Waals surface area contributed by atoms with Gasteiger partial charge in [-0.2, -0.15) is 0 Å². The van der Waals surface area contributed by atoms with Crippen LogP contribution >= 0.6 is 11.3 Å². The Balaban J connectivity index is 1.50. The maximum atomic E-state index is 13.5. The second-order valence-electron chi connectivity index (χ2n) is 7.90. The minimum Gasteiger partial charge on any atom is -0.347 e. The lowest BCUT2D eigenvalue weighted by molar-refractivity contribution is 0.0954. The van der Waals surface area contributed by atoms with Crippen LogP contribution in [0.25, 0.3) is 16.2 Å². The lowest BCUT2D eigenvalue weighted by Crippen LogP contribution is -2.23. The number of imidazole rings is 1. The fourth-order valence-electron chi connectivity index (χ4n) is 3.87. The van der Waals surface area contributed by atoms with E-state index >= 15 is 0 Å². The Morgan fingerprint density at radius 3 is 2.35 bits per heavy atom. The van der Waals surface area contributed by atoms with Gasteiger partial charge in [-0.3, -0.25) is 9.36 Å². The van der Waals surface area contributed by atoms with Gasteiger partial charge in [0.05, 0.1) is 23.3 Å². The van der Waals surface area contributed by atoms with Gasteiger partial charge in [0, 0.05) is 6.54 Å². The number of carbonyl (C=O) groups excluding carboxylic acids is 1. The molecule has 6 nitrogen and oxygen atoms in total. The number of nitrogens with one attached hydrogen (secondary N) is 1. The number of hydrogen-bond acceptors (Lipinski definition) is 4. The fraction of sp³-hybridized carbons (Fsp3) is 0.115. The molecule has 0 atom stereocenters. The maximum absolute atomic E-state index is 13.5. The Labute approximate surface area is 198 Å². The molecule has 0 saturated carbocycles. The maximum Gasteiger partial charge on any atom is 0.335 e. The Hall–Kier alpha value is -4.04. The van der Waals surface area contributed by atoms with E-state index < -0.39 is 0 Å². The molecule has 3 aromatic carbocycles. The van der Waals surface area contributed by atoms with Crippen LogP contribution in [0.1, 0.15) is 26.5 Å². The van der Waals surface area contributed by atoms with Gasteiger partial charge in [-0.25, -0.2) is 18.7 Å². The molecule has 1 N–H and O–H groups in total. The second-order valence-corrected chi connectivity index (χ2v) is 8.88. The average Bonchev–Trinajstić information content (AvgIpc) is 3.36. The van der Waals surface area contributed by atoms with E-state index in [4.69, 9.17) is 0 Å². The smallest absolute Gasteiger partial charge is 0.335 e. The second kappa shape index (κ2) is 9.07. The van der Waals surface area contributed by atoms with Crippen LogP contribution in [0.5, 0.6) is 0 Å². The molecule has 0 bridgehead atoms. The fourth-order valence-corrected chi connectivity index (χ4v) is 4.86. The summed E-state index contributed by atoms with van der Waals surface area (Å²) >= 11 is 1.18. The zero-order valence-electron chi connectivity index (χ0n) is 18.4. The molecule has 2 heterocycles. The van der Waals surface area contributed by atoms with Gasteiger partial charge in [-0.05, 0) is 42.3 Å². The number of benzene rings is 3. The van der Waals surface area contributed by atoms with Crippen LogP contribution < -0.4 is 11.0 Å². The zero-order chi connectivity index (χ0) is 23.7. The lowest BCUT2D eigenvalue weighted by Gasteiger charge is -2.03. The van der Waals surface area contributed by atoms with E-state index in [1.807, 2.05) is 54.6 Å². The first-order valence-corrected chi connectivity index (χ1v) is 11.6. The van der Waals surface area contributed by atoms with Gasteiger partial charge < -0.3 is 5.32 Å². The van der Waals surface area contributed by atoms with Crippen molar-refractivity contribution in [2.24, 2.45) is 0 Å². The summed E-state index contributed by atoms with van der Waals surface area (Å²) in [6.07, 6.45) is 0. The highest BCUT2D eigenvalue weighted by Gasteiger charge is 2.21. The normalized spacial score (nSPS) is 11.1. The number of fused-ring (bicyclic) bond motifs is 1. The molecule has 0 unspecified atom stereocenters. The highest BCUT2D eigenvalue weighted by atomic mass is 32.1. The minimum absolute atomic E-state index is 0.229. The molecule has 0 aliphatic rings. The molecule has 2 aromatic heterocycles. The van der Waals surface area contributed by atoms with Gasteiger partial charge in [0.15, 0.2) is 5.13 Å².